The molecule has 0 atom stereocenters. The lowest BCUT2D eigenvalue weighted by Gasteiger charge is -2.16. The highest BCUT2D eigenvalue weighted by molar-refractivity contribution is 6.25. The van der Waals surface area contributed by atoms with Gasteiger partial charge < -0.3 is 4.74 Å². The van der Waals surface area contributed by atoms with E-state index in [1.165, 1.54) is 11.8 Å². The normalized spacial score (nSPS) is 12.5. The standard InChI is InChI=1S/C6H11ClO/c1-6(2,3)8-5-4-7/h4-5H,1-3H3. The summed E-state index contributed by atoms with van der Waals surface area (Å²) in [6.07, 6.45) is 1.47. The van der Waals surface area contributed by atoms with Crippen molar-refractivity contribution in [3.8, 4) is 0 Å². The van der Waals surface area contributed by atoms with E-state index in [9.17, 15) is 0 Å². The molecule has 0 aromatic heterocycles. The number of hydrogen-bond donors (Lipinski definition) is 0. The molecule has 0 saturated carbocycles. The third-order valence-electron chi connectivity index (χ3n) is 0.473. The van der Waals surface area contributed by atoms with E-state index in [0.717, 1.165) is 0 Å². The first-order valence-electron chi connectivity index (χ1n) is 2.49. The zero-order valence-electron chi connectivity index (χ0n) is 5.44. The van der Waals surface area contributed by atoms with Crippen molar-refractivity contribution >= 4 is 11.6 Å². The summed E-state index contributed by atoms with van der Waals surface area (Å²) < 4.78 is 5.07. The summed E-state index contributed by atoms with van der Waals surface area (Å²) in [5, 5.41) is 0. The van der Waals surface area contributed by atoms with E-state index in [2.05, 4.69) is 0 Å². The molecular formula is C6H11ClO. The molecule has 0 aliphatic carbocycles. The van der Waals surface area contributed by atoms with Crippen LogP contribution in [0.4, 0.5) is 0 Å². The van der Waals surface area contributed by atoms with Crippen molar-refractivity contribution in [1.29, 1.82) is 0 Å². The van der Waals surface area contributed by atoms with Crippen LogP contribution in [0.3, 0.4) is 0 Å². The van der Waals surface area contributed by atoms with E-state index in [1.807, 2.05) is 20.8 Å². The molecule has 0 N–H and O–H groups in total. The van der Waals surface area contributed by atoms with Crippen LogP contribution in [0.15, 0.2) is 11.8 Å². The predicted octanol–water partition coefficient (Wildman–Crippen LogP) is 2.51. The van der Waals surface area contributed by atoms with E-state index in [4.69, 9.17) is 16.3 Å². The molecule has 1 nitrogen and oxygen atoms in total. The van der Waals surface area contributed by atoms with E-state index >= 15 is 0 Å². The van der Waals surface area contributed by atoms with Crippen LogP contribution in [-0.2, 0) is 4.74 Å². The molecule has 0 amide bonds. The summed E-state index contributed by atoms with van der Waals surface area (Å²) in [6.45, 7) is 5.89. The maximum absolute atomic E-state index is 5.20. The molecule has 2 heteroatoms. The SMILES string of the molecule is CC(C)(C)OC=CCl. The lowest BCUT2D eigenvalue weighted by molar-refractivity contribution is 0.0771. The summed E-state index contributed by atoms with van der Waals surface area (Å²) in [5.74, 6) is 0. The van der Waals surface area contributed by atoms with Crippen LogP contribution in [0.1, 0.15) is 20.8 Å². The number of halogens is 1. The Morgan fingerprint density at radius 2 is 1.88 bits per heavy atom. The molecule has 48 valence electrons. The molecule has 0 rings (SSSR count). The van der Waals surface area contributed by atoms with E-state index in [1.54, 1.807) is 0 Å². The summed E-state index contributed by atoms with van der Waals surface area (Å²) in [5.41, 5.74) is 1.23. The Morgan fingerprint density at radius 1 is 1.38 bits per heavy atom. The van der Waals surface area contributed by atoms with Gasteiger partial charge in [0.2, 0.25) is 0 Å². The van der Waals surface area contributed by atoms with Crippen LogP contribution in [0.2, 0.25) is 0 Å². The largest absolute Gasteiger partial charge is 0.495 e. The minimum absolute atomic E-state index is 0.120. The fourth-order valence-electron chi connectivity index (χ4n) is 0.230. The van der Waals surface area contributed by atoms with Crippen molar-refractivity contribution in [3.63, 3.8) is 0 Å². The fraction of sp³-hybridized carbons (Fsp3) is 0.667. The van der Waals surface area contributed by atoms with Crippen LogP contribution >= 0.6 is 11.6 Å². The van der Waals surface area contributed by atoms with Gasteiger partial charge in [0.1, 0.15) is 0 Å². The fourth-order valence-corrected chi connectivity index (χ4v) is 0.281. The highest BCUT2D eigenvalue weighted by Gasteiger charge is 2.06. The molecule has 0 aromatic rings. The van der Waals surface area contributed by atoms with Crippen molar-refractivity contribution in [2.75, 3.05) is 0 Å². The molecule has 0 heterocycles. The Hall–Kier alpha value is -0.170. The minimum Gasteiger partial charge on any atom is -0.495 e. The molecular weight excluding hydrogens is 124 g/mol. The first kappa shape index (κ1) is 7.83. The molecule has 0 aromatic carbocycles. The van der Waals surface area contributed by atoms with Crippen LogP contribution in [0.25, 0.3) is 0 Å². The zero-order valence-corrected chi connectivity index (χ0v) is 6.20. The third kappa shape index (κ3) is 5.83. The summed E-state index contributed by atoms with van der Waals surface area (Å²) >= 11 is 5.20. The second kappa shape index (κ2) is 2.98. The number of rotatable bonds is 1. The molecule has 0 unspecified atom stereocenters. The van der Waals surface area contributed by atoms with Gasteiger partial charge in [-0.15, -0.1) is 0 Å². The lowest BCUT2D eigenvalue weighted by atomic mass is 10.2. The molecule has 0 aliphatic heterocycles. The smallest absolute Gasteiger partial charge is 0.0998 e. The molecule has 0 bridgehead atoms. The maximum Gasteiger partial charge on any atom is 0.0998 e. The Labute approximate surface area is 55.3 Å². The van der Waals surface area contributed by atoms with Crippen LogP contribution < -0.4 is 0 Å². The molecule has 0 aliphatic rings. The van der Waals surface area contributed by atoms with E-state index in [-0.39, 0.29) is 5.60 Å². The monoisotopic (exact) mass is 134 g/mol. The quantitative estimate of drug-likeness (QED) is 0.501. The molecule has 0 spiro atoms. The maximum atomic E-state index is 5.20. The molecule has 8 heavy (non-hydrogen) atoms. The van der Waals surface area contributed by atoms with Gasteiger partial charge in [0, 0.05) is 5.54 Å². The summed E-state index contributed by atoms with van der Waals surface area (Å²) in [4.78, 5) is 0. The first-order valence-corrected chi connectivity index (χ1v) is 2.93. The van der Waals surface area contributed by atoms with Crippen LogP contribution in [-0.4, -0.2) is 5.60 Å². The highest BCUT2D eigenvalue weighted by Crippen LogP contribution is 2.06. The van der Waals surface area contributed by atoms with E-state index in [0.29, 0.717) is 0 Å². The average Bonchev–Trinajstić information content (AvgIpc) is 1.59. The minimum atomic E-state index is -0.120. The second-order valence-electron chi connectivity index (χ2n) is 2.49. The molecule has 0 fully saturated rings. The zero-order chi connectivity index (χ0) is 6.62. The average molecular weight is 135 g/mol. The summed E-state index contributed by atoms with van der Waals surface area (Å²) in [6, 6.07) is 0. The van der Waals surface area contributed by atoms with Gasteiger partial charge in [-0.2, -0.15) is 0 Å². The predicted molar refractivity (Wildman–Crippen MR) is 35.8 cm³/mol. The topological polar surface area (TPSA) is 9.23 Å². The van der Waals surface area contributed by atoms with Crippen molar-refractivity contribution in [2.45, 2.75) is 26.4 Å². The molecule has 0 radical (unpaired) electrons. The van der Waals surface area contributed by atoms with Gasteiger partial charge in [-0.3, -0.25) is 0 Å². The Balaban J connectivity index is 3.39. The third-order valence-corrected chi connectivity index (χ3v) is 0.576. The number of ether oxygens (including phenoxy) is 1. The van der Waals surface area contributed by atoms with Crippen molar-refractivity contribution in [1.82, 2.24) is 0 Å². The number of hydrogen-bond acceptors (Lipinski definition) is 1. The van der Waals surface area contributed by atoms with Crippen molar-refractivity contribution in [3.05, 3.63) is 11.8 Å². The summed E-state index contributed by atoms with van der Waals surface area (Å²) in [7, 11) is 0. The van der Waals surface area contributed by atoms with E-state index < -0.39 is 0 Å². The van der Waals surface area contributed by atoms with Gasteiger partial charge in [-0.25, -0.2) is 0 Å². The molecule has 0 saturated heterocycles. The highest BCUT2D eigenvalue weighted by atomic mass is 35.5. The Kier molecular flexibility index (Phi) is 2.91. The van der Waals surface area contributed by atoms with Gasteiger partial charge in [0.25, 0.3) is 0 Å². The Bertz CT molecular complexity index is 81.0. The van der Waals surface area contributed by atoms with Crippen molar-refractivity contribution in [2.24, 2.45) is 0 Å². The van der Waals surface area contributed by atoms with Gasteiger partial charge in [-0.1, -0.05) is 11.6 Å². The Morgan fingerprint density at radius 3 is 2.00 bits per heavy atom. The lowest BCUT2D eigenvalue weighted by Crippen LogP contribution is -2.14. The van der Waals surface area contributed by atoms with Crippen molar-refractivity contribution < 1.29 is 4.74 Å². The van der Waals surface area contributed by atoms with Crippen LogP contribution in [0.5, 0.6) is 0 Å². The van der Waals surface area contributed by atoms with Gasteiger partial charge in [-0.05, 0) is 20.8 Å². The van der Waals surface area contributed by atoms with Gasteiger partial charge in [0.05, 0.1) is 11.9 Å². The van der Waals surface area contributed by atoms with Gasteiger partial charge >= 0.3 is 0 Å². The first-order chi connectivity index (χ1) is 3.56. The second-order valence-corrected chi connectivity index (χ2v) is 2.74. The van der Waals surface area contributed by atoms with Gasteiger partial charge in [0.15, 0.2) is 0 Å². The van der Waals surface area contributed by atoms with Crippen LogP contribution in [0, 0.1) is 0 Å².